The highest BCUT2D eigenvalue weighted by Gasteiger charge is 2.29. The second-order valence-corrected chi connectivity index (χ2v) is 3.95. The van der Waals surface area contributed by atoms with Crippen LogP contribution < -0.4 is 5.32 Å². The first-order valence-electron chi connectivity index (χ1n) is 4.98. The Labute approximate surface area is 74.6 Å². The van der Waals surface area contributed by atoms with Gasteiger partial charge in [-0.3, -0.25) is 0 Å². The van der Waals surface area contributed by atoms with Crippen LogP contribution in [0, 0.1) is 0 Å². The summed E-state index contributed by atoms with van der Waals surface area (Å²) in [6.45, 7) is 8.63. The van der Waals surface area contributed by atoms with Crippen LogP contribution in [0.2, 0.25) is 0 Å². The Morgan fingerprint density at radius 3 is 3.00 bits per heavy atom. The second kappa shape index (κ2) is 3.09. The lowest BCUT2D eigenvalue weighted by Gasteiger charge is -2.26. The zero-order valence-electron chi connectivity index (χ0n) is 7.84. The third-order valence-corrected chi connectivity index (χ3v) is 3.09. The summed E-state index contributed by atoms with van der Waals surface area (Å²) in [5.41, 5.74) is 1.33. The molecule has 0 amide bonds. The second-order valence-electron chi connectivity index (χ2n) is 3.95. The van der Waals surface area contributed by atoms with Gasteiger partial charge in [-0.15, -0.1) is 0 Å². The van der Waals surface area contributed by atoms with Crippen molar-refractivity contribution in [1.29, 1.82) is 0 Å². The highest BCUT2D eigenvalue weighted by Crippen LogP contribution is 2.25. The largest absolute Gasteiger partial charge is 0.374 e. The molecule has 2 bridgehead atoms. The molecule has 0 saturated carbocycles. The molecule has 2 atom stereocenters. The van der Waals surface area contributed by atoms with Crippen molar-refractivity contribution in [2.45, 2.75) is 38.3 Å². The molecule has 2 aliphatic rings. The van der Waals surface area contributed by atoms with E-state index in [9.17, 15) is 0 Å². The van der Waals surface area contributed by atoms with Crippen LogP contribution in [0.5, 0.6) is 0 Å². The van der Waals surface area contributed by atoms with Crippen molar-refractivity contribution in [3.05, 3.63) is 12.3 Å². The zero-order chi connectivity index (χ0) is 8.55. The lowest BCUT2D eigenvalue weighted by Crippen LogP contribution is -2.34. The highest BCUT2D eigenvalue weighted by atomic mass is 15.2. The first-order chi connectivity index (χ1) is 5.79. The Morgan fingerprint density at radius 1 is 1.50 bits per heavy atom. The van der Waals surface area contributed by atoms with Crippen LogP contribution in [0.1, 0.15) is 26.2 Å². The third-order valence-electron chi connectivity index (χ3n) is 3.09. The van der Waals surface area contributed by atoms with Crippen molar-refractivity contribution in [3.8, 4) is 0 Å². The zero-order valence-corrected chi connectivity index (χ0v) is 7.84. The number of hydrogen-bond acceptors (Lipinski definition) is 2. The van der Waals surface area contributed by atoms with Crippen LogP contribution in [0.25, 0.3) is 0 Å². The number of hydrogen-bond donors (Lipinski definition) is 1. The molecule has 2 fully saturated rings. The molecule has 0 aromatic carbocycles. The molecule has 2 rings (SSSR count). The average molecular weight is 166 g/mol. The quantitative estimate of drug-likeness (QED) is 0.632. The Hall–Kier alpha value is -0.500. The van der Waals surface area contributed by atoms with Gasteiger partial charge in [0.2, 0.25) is 0 Å². The van der Waals surface area contributed by atoms with Gasteiger partial charge in [0.1, 0.15) is 0 Å². The van der Waals surface area contributed by atoms with Gasteiger partial charge in [0, 0.05) is 37.3 Å². The molecule has 2 nitrogen and oxygen atoms in total. The molecular formula is C10H18N2. The summed E-state index contributed by atoms with van der Waals surface area (Å²) in [6, 6.07) is 1.45. The van der Waals surface area contributed by atoms with Crippen molar-refractivity contribution in [2.24, 2.45) is 0 Å². The van der Waals surface area contributed by atoms with Gasteiger partial charge in [-0.25, -0.2) is 0 Å². The number of nitrogens with zero attached hydrogens (tertiary/aromatic N) is 1. The monoisotopic (exact) mass is 166 g/mol. The van der Waals surface area contributed by atoms with Gasteiger partial charge in [0.25, 0.3) is 0 Å². The van der Waals surface area contributed by atoms with E-state index in [4.69, 9.17) is 0 Å². The molecule has 0 radical (unpaired) electrons. The van der Waals surface area contributed by atoms with Gasteiger partial charge >= 0.3 is 0 Å². The normalized spacial score (nSPS) is 35.4. The third kappa shape index (κ3) is 1.36. The number of likely N-dealkylation sites (N-methyl/N-ethyl adjacent to an activating group) is 1. The lowest BCUT2D eigenvalue weighted by molar-refractivity contribution is 0.329. The fourth-order valence-electron chi connectivity index (χ4n) is 2.37. The van der Waals surface area contributed by atoms with Crippen molar-refractivity contribution in [2.75, 3.05) is 13.1 Å². The van der Waals surface area contributed by atoms with E-state index in [0.717, 1.165) is 25.0 Å². The molecule has 2 unspecified atom stereocenters. The van der Waals surface area contributed by atoms with Gasteiger partial charge in [0.05, 0.1) is 0 Å². The predicted octanol–water partition coefficient (Wildman–Crippen LogP) is 1.35. The Kier molecular flexibility index (Phi) is 2.09. The molecule has 2 heterocycles. The summed E-state index contributed by atoms with van der Waals surface area (Å²) in [7, 11) is 0. The molecule has 2 aliphatic heterocycles. The predicted molar refractivity (Wildman–Crippen MR) is 50.9 cm³/mol. The molecule has 0 spiro atoms. The molecule has 12 heavy (non-hydrogen) atoms. The van der Waals surface area contributed by atoms with Gasteiger partial charge in [-0.2, -0.15) is 0 Å². The van der Waals surface area contributed by atoms with E-state index in [1.807, 2.05) is 0 Å². The van der Waals surface area contributed by atoms with Crippen molar-refractivity contribution in [1.82, 2.24) is 10.2 Å². The Morgan fingerprint density at radius 2 is 2.25 bits per heavy atom. The van der Waals surface area contributed by atoms with Crippen LogP contribution in [-0.4, -0.2) is 30.1 Å². The molecule has 0 aromatic rings. The summed E-state index contributed by atoms with van der Waals surface area (Å²) in [5, 5.41) is 3.65. The van der Waals surface area contributed by atoms with Crippen molar-refractivity contribution >= 4 is 0 Å². The number of rotatable bonds is 1. The number of fused-ring (bicyclic) bond motifs is 2. The number of nitrogens with one attached hydrogen (secondary N) is 1. The molecule has 0 aromatic heterocycles. The van der Waals surface area contributed by atoms with Gasteiger partial charge < -0.3 is 10.2 Å². The topological polar surface area (TPSA) is 15.3 Å². The smallest absolute Gasteiger partial charge is 0.0328 e. The standard InChI is InChI=1S/C10H18N2/c1-3-12-7-10-5-4-9(11-10)6-8(12)2/h9-11H,2-7H2,1H3. The van der Waals surface area contributed by atoms with Crippen LogP contribution in [0.4, 0.5) is 0 Å². The van der Waals surface area contributed by atoms with E-state index < -0.39 is 0 Å². The lowest BCUT2D eigenvalue weighted by atomic mass is 10.1. The van der Waals surface area contributed by atoms with E-state index in [0.29, 0.717) is 0 Å². The first-order valence-corrected chi connectivity index (χ1v) is 4.98. The minimum Gasteiger partial charge on any atom is -0.374 e. The Bertz CT molecular complexity index is 188. The van der Waals surface area contributed by atoms with Crippen molar-refractivity contribution < 1.29 is 0 Å². The van der Waals surface area contributed by atoms with Crippen LogP contribution in [0.15, 0.2) is 12.3 Å². The SMILES string of the molecule is C=C1CC2CCC(CN1CC)N2. The summed E-state index contributed by atoms with van der Waals surface area (Å²) in [6.07, 6.45) is 3.86. The minimum atomic E-state index is 0.721. The summed E-state index contributed by atoms with van der Waals surface area (Å²) in [4.78, 5) is 2.41. The minimum absolute atomic E-state index is 0.721. The van der Waals surface area contributed by atoms with E-state index in [1.165, 1.54) is 25.1 Å². The highest BCUT2D eigenvalue weighted by molar-refractivity contribution is 5.04. The van der Waals surface area contributed by atoms with Crippen LogP contribution in [0.3, 0.4) is 0 Å². The van der Waals surface area contributed by atoms with Crippen LogP contribution in [-0.2, 0) is 0 Å². The summed E-state index contributed by atoms with van der Waals surface area (Å²) in [5.74, 6) is 0. The van der Waals surface area contributed by atoms with Crippen molar-refractivity contribution in [3.63, 3.8) is 0 Å². The van der Waals surface area contributed by atoms with Gasteiger partial charge in [0.15, 0.2) is 0 Å². The van der Waals surface area contributed by atoms with Gasteiger partial charge in [-0.05, 0) is 19.8 Å². The first kappa shape index (κ1) is 8.11. The summed E-state index contributed by atoms with van der Waals surface area (Å²) >= 11 is 0. The Balaban J connectivity index is 2.07. The van der Waals surface area contributed by atoms with E-state index in [-0.39, 0.29) is 0 Å². The van der Waals surface area contributed by atoms with E-state index >= 15 is 0 Å². The molecular weight excluding hydrogens is 148 g/mol. The molecule has 2 saturated heterocycles. The average Bonchev–Trinajstić information content (AvgIpc) is 2.39. The molecule has 0 aliphatic carbocycles. The maximum absolute atomic E-state index is 4.13. The maximum Gasteiger partial charge on any atom is 0.0328 e. The van der Waals surface area contributed by atoms with Gasteiger partial charge in [-0.1, -0.05) is 6.58 Å². The fraction of sp³-hybridized carbons (Fsp3) is 0.800. The summed E-state index contributed by atoms with van der Waals surface area (Å²) < 4.78 is 0. The molecule has 1 N–H and O–H groups in total. The number of likely N-dealkylation sites (tertiary alicyclic amines) is 1. The maximum atomic E-state index is 4.13. The van der Waals surface area contributed by atoms with E-state index in [2.05, 4.69) is 23.7 Å². The fourth-order valence-corrected chi connectivity index (χ4v) is 2.37. The molecule has 2 heteroatoms. The van der Waals surface area contributed by atoms with Crippen LogP contribution >= 0.6 is 0 Å². The molecule has 68 valence electrons. The van der Waals surface area contributed by atoms with E-state index in [1.54, 1.807) is 0 Å².